The molecule has 2 aromatic rings. The van der Waals surface area contributed by atoms with Gasteiger partial charge in [-0.25, -0.2) is 4.39 Å². The Morgan fingerprint density at radius 1 is 1.17 bits per heavy atom. The molecule has 2 aromatic carbocycles. The maximum Gasteiger partial charge on any atom is 0.191 e. The Balaban J connectivity index is 1.46. The summed E-state index contributed by atoms with van der Waals surface area (Å²) in [6, 6.07) is 14.5. The van der Waals surface area contributed by atoms with Gasteiger partial charge in [-0.2, -0.15) is 0 Å². The molecule has 2 N–H and O–H groups in total. The number of hydrogen-bond donors (Lipinski definition) is 2. The maximum atomic E-state index is 12.9. The number of halogens is 1. The summed E-state index contributed by atoms with van der Waals surface area (Å²) >= 11 is 0. The first-order chi connectivity index (χ1) is 11.2. The SMILES string of the molecule is CN=C(NCc1ccc(F)cc1)NCC1Cc2ccccc2O1. The second kappa shape index (κ2) is 7.13. The average Bonchev–Trinajstić information content (AvgIpc) is 2.99. The molecule has 0 saturated carbocycles. The predicted molar refractivity (Wildman–Crippen MR) is 89.2 cm³/mol. The van der Waals surface area contributed by atoms with E-state index in [2.05, 4.69) is 21.7 Å². The standard InChI is InChI=1S/C18H20FN3O/c1-20-18(21-11-13-6-8-15(19)9-7-13)22-12-16-10-14-4-2-3-5-17(14)23-16/h2-9,16H,10-12H2,1H3,(H2,20,21,22). The average molecular weight is 313 g/mol. The van der Waals surface area contributed by atoms with Crippen LogP contribution in [0.4, 0.5) is 4.39 Å². The summed E-state index contributed by atoms with van der Waals surface area (Å²) in [7, 11) is 1.73. The number of nitrogens with zero attached hydrogens (tertiary/aromatic N) is 1. The number of nitrogens with one attached hydrogen (secondary N) is 2. The molecule has 0 bridgehead atoms. The fourth-order valence-electron chi connectivity index (χ4n) is 2.59. The molecule has 1 unspecified atom stereocenters. The molecule has 0 fully saturated rings. The van der Waals surface area contributed by atoms with Crippen LogP contribution in [-0.4, -0.2) is 25.7 Å². The molecule has 23 heavy (non-hydrogen) atoms. The molecule has 0 radical (unpaired) electrons. The Labute approximate surface area is 135 Å². The van der Waals surface area contributed by atoms with E-state index < -0.39 is 0 Å². The van der Waals surface area contributed by atoms with Gasteiger partial charge >= 0.3 is 0 Å². The number of fused-ring (bicyclic) bond motifs is 1. The van der Waals surface area contributed by atoms with Crippen molar-refractivity contribution in [3.63, 3.8) is 0 Å². The van der Waals surface area contributed by atoms with Crippen LogP contribution < -0.4 is 15.4 Å². The summed E-state index contributed by atoms with van der Waals surface area (Å²) in [6.45, 7) is 1.27. The minimum Gasteiger partial charge on any atom is -0.488 e. The van der Waals surface area contributed by atoms with E-state index in [0.29, 0.717) is 19.0 Å². The quantitative estimate of drug-likeness (QED) is 0.673. The molecule has 0 spiro atoms. The molecule has 0 amide bonds. The summed E-state index contributed by atoms with van der Waals surface area (Å²) in [6.07, 6.45) is 1.01. The van der Waals surface area contributed by atoms with E-state index in [1.54, 1.807) is 19.2 Å². The van der Waals surface area contributed by atoms with Gasteiger partial charge in [-0.15, -0.1) is 0 Å². The summed E-state index contributed by atoms with van der Waals surface area (Å²) in [5.74, 6) is 1.44. The van der Waals surface area contributed by atoms with E-state index >= 15 is 0 Å². The molecule has 1 atom stereocenters. The molecule has 3 rings (SSSR count). The second-order valence-corrected chi connectivity index (χ2v) is 5.48. The third-order valence-electron chi connectivity index (χ3n) is 3.81. The van der Waals surface area contributed by atoms with Gasteiger partial charge in [0.15, 0.2) is 5.96 Å². The van der Waals surface area contributed by atoms with Crippen molar-refractivity contribution in [2.45, 2.75) is 19.1 Å². The fourth-order valence-corrected chi connectivity index (χ4v) is 2.59. The molecular formula is C18H20FN3O. The van der Waals surface area contributed by atoms with E-state index in [1.165, 1.54) is 17.7 Å². The topological polar surface area (TPSA) is 45.7 Å². The predicted octanol–water partition coefficient (Wildman–Crippen LogP) is 2.49. The van der Waals surface area contributed by atoms with E-state index in [9.17, 15) is 4.39 Å². The van der Waals surface area contributed by atoms with Crippen LogP contribution >= 0.6 is 0 Å². The summed E-state index contributed by atoms with van der Waals surface area (Å²) in [4.78, 5) is 4.20. The number of guanidine groups is 1. The van der Waals surface area contributed by atoms with Crippen LogP contribution in [0.5, 0.6) is 5.75 Å². The van der Waals surface area contributed by atoms with Gasteiger partial charge in [0.2, 0.25) is 0 Å². The summed E-state index contributed by atoms with van der Waals surface area (Å²) in [5.41, 5.74) is 2.24. The highest BCUT2D eigenvalue weighted by atomic mass is 19.1. The zero-order valence-corrected chi connectivity index (χ0v) is 13.1. The minimum atomic E-state index is -0.228. The van der Waals surface area contributed by atoms with Crippen LogP contribution in [0.3, 0.4) is 0 Å². The Hall–Kier alpha value is -2.56. The Kier molecular flexibility index (Phi) is 4.76. The molecule has 1 aliphatic heterocycles. The first kappa shape index (κ1) is 15.3. The summed E-state index contributed by atoms with van der Waals surface area (Å²) in [5, 5.41) is 6.48. The van der Waals surface area contributed by atoms with Crippen molar-refractivity contribution in [2.75, 3.05) is 13.6 Å². The number of para-hydroxylation sites is 1. The van der Waals surface area contributed by atoms with Gasteiger partial charge in [0, 0.05) is 20.0 Å². The number of hydrogen-bond acceptors (Lipinski definition) is 2. The molecule has 4 nitrogen and oxygen atoms in total. The van der Waals surface area contributed by atoms with Gasteiger partial charge in [-0.1, -0.05) is 30.3 Å². The van der Waals surface area contributed by atoms with Crippen molar-refractivity contribution < 1.29 is 9.13 Å². The lowest BCUT2D eigenvalue weighted by molar-refractivity contribution is 0.235. The zero-order valence-electron chi connectivity index (χ0n) is 13.1. The van der Waals surface area contributed by atoms with Crippen molar-refractivity contribution in [2.24, 2.45) is 4.99 Å². The minimum absolute atomic E-state index is 0.108. The lowest BCUT2D eigenvalue weighted by Gasteiger charge is -2.15. The van der Waals surface area contributed by atoms with E-state index in [-0.39, 0.29) is 11.9 Å². The molecule has 0 aromatic heterocycles. The molecule has 1 heterocycles. The molecule has 5 heteroatoms. The highest BCUT2D eigenvalue weighted by Crippen LogP contribution is 2.27. The molecule has 1 aliphatic rings. The first-order valence-electron chi connectivity index (χ1n) is 7.68. The normalized spacial score (nSPS) is 16.6. The van der Waals surface area contributed by atoms with Crippen molar-refractivity contribution in [3.05, 3.63) is 65.5 Å². The van der Waals surface area contributed by atoms with Crippen molar-refractivity contribution in [1.29, 1.82) is 0 Å². The Morgan fingerprint density at radius 3 is 2.70 bits per heavy atom. The zero-order chi connectivity index (χ0) is 16.1. The fraction of sp³-hybridized carbons (Fsp3) is 0.278. The summed E-state index contributed by atoms with van der Waals surface area (Å²) < 4.78 is 18.8. The van der Waals surface area contributed by atoms with Crippen LogP contribution in [0.1, 0.15) is 11.1 Å². The van der Waals surface area contributed by atoms with Gasteiger partial charge in [0.1, 0.15) is 17.7 Å². The van der Waals surface area contributed by atoms with Crippen LogP contribution in [0, 0.1) is 5.82 Å². The first-order valence-corrected chi connectivity index (χ1v) is 7.68. The lowest BCUT2D eigenvalue weighted by Crippen LogP contribution is -2.41. The lowest BCUT2D eigenvalue weighted by atomic mass is 10.1. The van der Waals surface area contributed by atoms with Crippen molar-refractivity contribution in [1.82, 2.24) is 10.6 Å². The van der Waals surface area contributed by atoms with E-state index in [1.807, 2.05) is 18.2 Å². The third kappa shape index (κ3) is 4.00. The van der Waals surface area contributed by atoms with Crippen LogP contribution in [-0.2, 0) is 13.0 Å². The third-order valence-corrected chi connectivity index (χ3v) is 3.81. The molecular weight excluding hydrogens is 293 g/mol. The Morgan fingerprint density at radius 2 is 1.96 bits per heavy atom. The Bertz CT molecular complexity index is 660. The van der Waals surface area contributed by atoms with E-state index in [4.69, 9.17) is 4.74 Å². The number of aliphatic imine (C=N–C) groups is 1. The highest BCUT2D eigenvalue weighted by Gasteiger charge is 2.22. The molecule has 0 aliphatic carbocycles. The van der Waals surface area contributed by atoms with Gasteiger partial charge in [0.25, 0.3) is 0 Å². The number of rotatable bonds is 4. The largest absolute Gasteiger partial charge is 0.488 e. The second-order valence-electron chi connectivity index (χ2n) is 5.48. The van der Waals surface area contributed by atoms with Gasteiger partial charge in [0.05, 0.1) is 6.54 Å². The van der Waals surface area contributed by atoms with Crippen LogP contribution in [0.25, 0.3) is 0 Å². The van der Waals surface area contributed by atoms with Crippen molar-refractivity contribution in [3.8, 4) is 5.75 Å². The maximum absolute atomic E-state index is 12.9. The number of benzene rings is 2. The molecule has 120 valence electrons. The number of ether oxygens (including phenoxy) is 1. The smallest absolute Gasteiger partial charge is 0.191 e. The van der Waals surface area contributed by atoms with Crippen LogP contribution in [0.15, 0.2) is 53.5 Å². The monoisotopic (exact) mass is 313 g/mol. The van der Waals surface area contributed by atoms with Gasteiger partial charge in [-0.05, 0) is 29.3 Å². The van der Waals surface area contributed by atoms with Crippen LogP contribution in [0.2, 0.25) is 0 Å². The van der Waals surface area contributed by atoms with Gasteiger partial charge in [-0.3, -0.25) is 4.99 Å². The van der Waals surface area contributed by atoms with E-state index in [0.717, 1.165) is 17.7 Å². The van der Waals surface area contributed by atoms with Crippen molar-refractivity contribution >= 4 is 5.96 Å². The van der Waals surface area contributed by atoms with Gasteiger partial charge < -0.3 is 15.4 Å². The highest BCUT2D eigenvalue weighted by molar-refractivity contribution is 5.79. The molecule has 0 saturated heterocycles.